The van der Waals surface area contributed by atoms with Crippen molar-refractivity contribution in [2.24, 2.45) is 23.5 Å². The Balaban J connectivity index is 1.51. The molecule has 26 heavy (non-hydrogen) atoms. The Morgan fingerprint density at radius 1 is 1.27 bits per heavy atom. The van der Waals surface area contributed by atoms with Gasteiger partial charge in [0.1, 0.15) is 11.3 Å². The van der Waals surface area contributed by atoms with Gasteiger partial charge < -0.3 is 10.5 Å². The standard InChI is InChI=1S/C21H29N3O2/c1-26-21(15-6-8-23-18(9-15)19(22)25)16-3-2-4-17(21)13-24(12-16)20-7-5-14(10-20)11-20/h6,8-9,14,16-17H,2-5,7,10-13H2,1H3,(H2,22,25). The van der Waals surface area contributed by atoms with Crippen molar-refractivity contribution < 1.29 is 9.53 Å². The number of amides is 1. The number of nitrogens with two attached hydrogens (primary N) is 1. The molecule has 4 saturated carbocycles. The van der Waals surface area contributed by atoms with Crippen LogP contribution in [0.3, 0.4) is 0 Å². The van der Waals surface area contributed by atoms with Crippen LogP contribution in [0, 0.1) is 17.8 Å². The van der Waals surface area contributed by atoms with E-state index in [2.05, 4.69) is 9.88 Å². The third-order valence-electron chi connectivity index (χ3n) is 8.03. The second kappa shape index (κ2) is 5.77. The van der Waals surface area contributed by atoms with Crippen LogP contribution in [0.15, 0.2) is 18.3 Å². The van der Waals surface area contributed by atoms with Crippen molar-refractivity contribution >= 4 is 5.91 Å². The van der Waals surface area contributed by atoms with Crippen molar-refractivity contribution in [1.29, 1.82) is 0 Å². The molecule has 140 valence electrons. The highest BCUT2D eigenvalue weighted by molar-refractivity contribution is 5.90. The highest BCUT2D eigenvalue weighted by Gasteiger charge is 2.60. The highest BCUT2D eigenvalue weighted by Crippen LogP contribution is 2.59. The van der Waals surface area contributed by atoms with Crippen molar-refractivity contribution in [3.63, 3.8) is 0 Å². The van der Waals surface area contributed by atoms with Gasteiger partial charge in [0, 0.05) is 43.8 Å². The Kier molecular flexibility index (Phi) is 3.70. The summed E-state index contributed by atoms with van der Waals surface area (Å²) in [5, 5.41) is 0. The number of fused-ring (bicyclic) bond motifs is 3. The molecular weight excluding hydrogens is 326 g/mol. The molecule has 1 aromatic rings. The maximum atomic E-state index is 11.7. The average Bonchev–Trinajstić information content (AvgIpc) is 3.22. The maximum absolute atomic E-state index is 11.7. The Morgan fingerprint density at radius 3 is 2.58 bits per heavy atom. The largest absolute Gasteiger partial charge is 0.373 e. The summed E-state index contributed by atoms with van der Waals surface area (Å²) in [5.74, 6) is 1.46. The normalized spacial score (nSPS) is 41.7. The van der Waals surface area contributed by atoms with E-state index in [4.69, 9.17) is 10.5 Å². The molecule has 1 amide bonds. The summed E-state index contributed by atoms with van der Waals surface area (Å²) in [5.41, 5.74) is 7.11. The van der Waals surface area contributed by atoms with Crippen molar-refractivity contribution in [1.82, 2.24) is 9.88 Å². The van der Waals surface area contributed by atoms with Crippen LogP contribution in [0.1, 0.15) is 61.0 Å². The van der Waals surface area contributed by atoms with Crippen molar-refractivity contribution in [2.45, 2.75) is 56.1 Å². The number of carbonyl (C=O) groups is 1. The number of hydrogen-bond donors (Lipinski definition) is 1. The minimum atomic E-state index is -0.467. The van der Waals surface area contributed by atoms with E-state index in [1.807, 2.05) is 19.2 Å². The molecule has 2 N–H and O–H groups in total. The van der Waals surface area contributed by atoms with E-state index in [1.54, 1.807) is 6.20 Å². The number of pyridine rings is 1. The fourth-order valence-electron chi connectivity index (χ4n) is 6.86. The first-order valence-electron chi connectivity index (χ1n) is 10.1. The first-order valence-corrected chi connectivity index (χ1v) is 10.1. The molecule has 5 heteroatoms. The predicted octanol–water partition coefficient (Wildman–Crippen LogP) is 2.70. The lowest BCUT2D eigenvalue weighted by Crippen LogP contribution is -2.65. The zero-order valence-corrected chi connectivity index (χ0v) is 15.6. The maximum Gasteiger partial charge on any atom is 0.267 e. The third kappa shape index (κ3) is 2.16. The first-order chi connectivity index (χ1) is 12.6. The number of carbonyl (C=O) groups excluding carboxylic acids is 1. The Hall–Kier alpha value is -1.46. The van der Waals surface area contributed by atoms with Crippen LogP contribution in [-0.2, 0) is 10.3 Å². The molecule has 1 saturated heterocycles. The molecule has 4 aliphatic carbocycles. The van der Waals surface area contributed by atoms with Gasteiger partial charge in [-0.25, -0.2) is 0 Å². The molecule has 4 bridgehead atoms. The van der Waals surface area contributed by atoms with Gasteiger partial charge in [-0.1, -0.05) is 6.42 Å². The van der Waals surface area contributed by atoms with Crippen LogP contribution in [-0.4, -0.2) is 41.5 Å². The second-order valence-corrected chi connectivity index (χ2v) is 9.06. The summed E-state index contributed by atoms with van der Waals surface area (Å²) in [6, 6.07) is 3.91. The SMILES string of the molecule is COC1(c2ccnc(C(N)=O)c2)C2CCCC1CN(C13CCC(C1)C3)C2. The summed E-state index contributed by atoms with van der Waals surface area (Å²) in [7, 11) is 1.85. The van der Waals surface area contributed by atoms with Gasteiger partial charge in [-0.15, -0.1) is 0 Å². The number of piperidine rings is 1. The van der Waals surface area contributed by atoms with Crippen LogP contribution in [0.5, 0.6) is 0 Å². The van der Waals surface area contributed by atoms with E-state index in [0.717, 1.165) is 24.6 Å². The van der Waals surface area contributed by atoms with Crippen LogP contribution in [0.25, 0.3) is 0 Å². The topological polar surface area (TPSA) is 68.5 Å². The zero-order valence-electron chi connectivity index (χ0n) is 15.6. The number of nitrogens with zero attached hydrogens (tertiary/aromatic N) is 2. The number of ether oxygens (including phenoxy) is 1. The molecule has 1 aliphatic heterocycles. The van der Waals surface area contributed by atoms with Crippen LogP contribution >= 0.6 is 0 Å². The van der Waals surface area contributed by atoms with Gasteiger partial charge in [-0.3, -0.25) is 14.7 Å². The summed E-state index contributed by atoms with van der Waals surface area (Å²) in [6.07, 6.45) is 11.0. The Labute approximate surface area is 155 Å². The predicted molar refractivity (Wildman–Crippen MR) is 98.5 cm³/mol. The minimum absolute atomic E-state index is 0.305. The molecule has 2 unspecified atom stereocenters. The fraction of sp³-hybridized carbons (Fsp3) is 0.714. The Morgan fingerprint density at radius 2 is 2.00 bits per heavy atom. The van der Waals surface area contributed by atoms with E-state index in [-0.39, 0.29) is 5.60 Å². The summed E-state index contributed by atoms with van der Waals surface area (Å²) in [6.45, 7) is 2.23. The van der Waals surface area contributed by atoms with Gasteiger partial charge in [0.25, 0.3) is 5.91 Å². The number of methoxy groups -OCH3 is 1. The molecule has 5 aliphatic rings. The fourth-order valence-corrected chi connectivity index (χ4v) is 6.86. The van der Waals surface area contributed by atoms with Gasteiger partial charge in [-0.2, -0.15) is 0 Å². The quantitative estimate of drug-likeness (QED) is 0.902. The van der Waals surface area contributed by atoms with E-state index in [1.165, 1.54) is 44.9 Å². The zero-order chi connectivity index (χ0) is 17.9. The van der Waals surface area contributed by atoms with Gasteiger partial charge in [0.15, 0.2) is 0 Å². The first kappa shape index (κ1) is 16.7. The molecule has 2 heterocycles. The number of hydrogen-bond acceptors (Lipinski definition) is 4. The van der Waals surface area contributed by atoms with Crippen molar-refractivity contribution in [3.8, 4) is 0 Å². The smallest absolute Gasteiger partial charge is 0.267 e. The lowest BCUT2D eigenvalue weighted by atomic mass is 9.61. The van der Waals surface area contributed by atoms with E-state index < -0.39 is 5.91 Å². The monoisotopic (exact) mass is 355 g/mol. The number of primary amides is 1. The van der Waals surface area contributed by atoms with Crippen LogP contribution < -0.4 is 5.73 Å². The van der Waals surface area contributed by atoms with Gasteiger partial charge in [-0.05, 0) is 62.1 Å². The summed E-state index contributed by atoms with van der Waals surface area (Å²) < 4.78 is 6.32. The van der Waals surface area contributed by atoms with Crippen molar-refractivity contribution in [3.05, 3.63) is 29.6 Å². The van der Waals surface area contributed by atoms with E-state index >= 15 is 0 Å². The molecular formula is C21H29N3O2. The Bertz CT molecular complexity index is 708. The number of rotatable bonds is 4. The molecule has 0 spiro atoms. The second-order valence-electron chi connectivity index (χ2n) is 9.06. The third-order valence-corrected chi connectivity index (χ3v) is 8.03. The van der Waals surface area contributed by atoms with Crippen LogP contribution in [0.2, 0.25) is 0 Å². The number of aromatic nitrogens is 1. The molecule has 2 atom stereocenters. The molecule has 0 aromatic carbocycles. The molecule has 5 nitrogen and oxygen atoms in total. The van der Waals surface area contributed by atoms with E-state index in [0.29, 0.717) is 23.1 Å². The lowest BCUT2D eigenvalue weighted by molar-refractivity contribution is -0.189. The molecule has 0 radical (unpaired) electrons. The average molecular weight is 355 g/mol. The summed E-state index contributed by atoms with van der Waals surface area (Å²) >= 11 is 0. The van der Waals surface area contributed by atoms with Gasteiger partial charge >= 0.3 is 0 Å². The highest BCUT2D eigenvalue weighted by atomic mass is 16.5. The van der Waals surface area contributed by atoms with Crippen LogP contribution in [0.4, 0.5) is 0 Å². The molecule has 6 rings (SSSR count). The molecule has 1 aromatic heterocycles. The summed E-state index contributed by atoms with van der Waals surface area (Å²) in [4.78, 5) is 18.6. The van der Waals surface area contributed by atoms with Gasteiger partial charge in [0.05, 0.1) is 0 Å². The molecule has 5 fully saturated rings. The minimum Gasteiger partial charge on any atom is -0.373 e. The number of likely N-dealkylation sites (tertiary alicyclic amines) is 1. The van der Waals surface area contributed by atoms with E-state index in [9.17, 15) is 4.79 Å². The lowest BCUT2D eigenvalue weighted by Gasteiger charge is -2.60. The van der Waals surface area contributed by atoms with Crippen molar-refractivity contribution in [2.75, 3.05) is 20.2 Å². The van der Waals surface area contributed by atoms with Gasteiger partial charge in [0.2, 0.25) is 0 Å².